The lowest BCUT2D eigenvalue weighted by Gasteiger charge is -2.27. The maximum atomic E-state index is 10.7. The Hall–Kier alpha value is -1.76. The van der Waals surface area contributed by atoms with Crippen molar-refractivity contribution in [2.24, 2.45) is 0 Å². The van der Waals surface area contributed by atoms with Gasteiger partial charge in [-0.2, -0.15) is 0 Å². The molecule has 0 spiro atoms. The molecule has 76 valence electrons. The topological polar surface area (TPSA) is 107 Å². The Morgan fingerprint density at radius 3 is 2.00 bits per heavy atom. The Kier molecular flexibility index (Phi) is 2.12. The molecule has 1 aliphatic rings. The van der Waals surface area contributed by atoms with Gasteiger partial charge in [0, 0.05) is 24.0 Å². The molecule has 14 heavy (non-hydrogen) atoms. The first-order chi connectivity index (χ1) is 6.34. The summed E-state index contributed by atoms with van der Waals surface area (Å²) >= 11 is 0. The summed E-state index contributed by atoms with van der Waals surface area (Å²) < 4.78 is 0. The molecular weight excluding hydrogens is 192 g/mol. The largest absolute Gasteiger partial charge is 0.415 e. The van der Waals surface area contributed by atoms with Crippen molar-refractivity contribution < 1.29 is 15.0 Å². The van der Waals surface area contributed by atoms with Gasteiger partial charge >= 0.3 is 11.3 Å². The van der Waals surface area contributed by atoms with E-state index in [1.807, 2.05) is 0 Å². The molecule has 0 aromatic heterocycles. The van der Waals surface area contributed by atoms with Gasteiger partial charge in [0.25, 0.3) is 0 Å². The van der Waals surface area contributed by atoms with Crippen LogP contribution in [-0.2, 0) is 0 Å². The number of nitrogens with zero attached hydrogens (tertiary/aromatic N) is 2. The van der Waals surface area contributed by atoms with Crippen LogP contribution >= 0.6 is 0 Å². The number of hydrogen-bond donors (Lipinski definition) is 1. The molecule has 0 aromatic rings. The van der Waals surface area contributed by atoms with Gasteiger partial charge in [-0.25, -0.2) is 0 Å². The molecule has 0 amide bonds. The Morgan fingerprint density at radius 2 is 1.64 bits per heavy atom. The van der Waals surface area contributed by atoms with Crippen molar-refractivity contribution >= 4 is 0 Å². The minimum absolute atomic E-state index is 0.801. The third kappa shape index (κ3) is 1.10. The first-order valence-electron chi connectivity index (χ1n) is 3.73. The summed E-state index contributed by atoms with van der Waals surface area (Å²) in [5, 5.41) is 30.8. The van der Waals surface area contributed by atoms with Gasteiger partial charge in [0.05, 0.1) is 4.92 Å². The molecule has 0 saturated carbocycles. The van der Waals surface area contributed by atoms with Crippen LogP contribution in [0.15, 0.2) is 24.3 Å². The highest BCUT2D eigenvalue weighted by Crippen LogP contribution is 2.31. The third-order valence-electron chi connectivity index (χ3n) is 2.26. The molecule has 0 aromatic carbocycles. The van der Waals surface area contributed by atoms with E-state index in [1.54, 1.807) is 0 Å². The lowest BCUT2D eigenvalue weighted by Crippen LogP contribution is -2.60. The highest BCUT2D eigenvalue weighted by Gasteiger charge is 2.65. The predicted octanol–water partition coefficient (Wildman–Crippen LogP) is 0.113. The maximum Gasteiger partial charge on any atom is 0.415 e. The zero-order chi connectivity index (χ0) is 11.0. The van der Waals surface area contributed by atoms with Crippen LogP contribution < -0.4 is 0 Å². The zero-order valence-corrected chi connectivity index (χ0v) is 7.28. The quantitative estimate of drug-likeness (QED) is 0.387. The van der Waals surface area contributed by atoms with Gasteiger partial charge in [-0.15, -0.1) is 0 Å². The Morgan fingerprint density at radius 1 is 1.14 bits per heavy atom. The van der Waals surface area contributed by atoms with Crippen molar-refractivity contribution in [1.82, 2.24) is 0 Å². The van der Waals surface area contributed by atoms with Crippen LogP contribution in [0.5, 0.6) is 0 Å². The van der Waals surface area contributed by atoms with Crippen LogP contribution in [-0.4, -0.2) is 26.2 Å². The van der Waals surface area contributed by atoms with Crippen molar-refractivity contribution in [3.05, 3.63) is 44.5 Å². The van der Waals surface area contributed by atoms with Gasteiger partial charge in [0.1, 0.15) is 0 Å². The summed E-state index contributed by atoms with van der Waals surface area (Å²) in [6.07, 6.45) is 4.29. The van der Waals surface area contributed by atoms with Gasteiger partial charge < -0.3 is 5.11 Å². The van der Waals surface area contributed by atoms with Crippen molar-refractivity contribution in [2.75, 3.05) is 0 Å². The lowest BCUT2D eigenvalue weighted by molar-refractivity contribution is -0.700. The van der Waals surface area contributed by atoms with Crippen molar-refractivity contribution in [2.45, 2.75) is 18.2 Å². The van der Waals surface area contributed by atoms with Crippen molar-refractivity contribution in [3.8, 4) is 0 Å². The van der Waals surface area contributed by atoms with E-state index in [1.165, 1.54) is 12.2 Å². The molecule has 1 N–H and O–H groups in total. The normalized spacial score (nSPS) is 35.6. The average Bonchev–Trinajstić information content (AvgIpc) is 2.09. The molecular formula is C7H8N2O5. The molecule has 2 atom stereocenters. The van der Waals surface area contributed by atoms with E-state index in [0.29, 0.717) is 0 Å². The van der Waals surface area contributed by atoms with Crippen molar-refractivity contribution in [3.63, 3.8) is 0 Å². The summed E-state index contributed by atoms with van der Waals surface area (Å²) in [5.74, 6) is 0. The fourth-order valence-electron chi connectivity index (χ4n) is 1.16. The van der Waals surface area contributed by atoms with Crippen molar-refractivity contribution in [1.29, 1.82) is 0 Å². The molecule has 2 unspecified atom stereocenters. The van der Waals surface area contributed by atoms with E-state index in [4.69, 9.17) is 0 Å². The van der Waals surface area contributed by atoms with Crippen LogP contribution in [0.3, 0.4) is 0 Å². The van der Waals surface area contributed by atoms with E-state index < -0.39 is 21.1 Å². The number of allylic oxidation sites excluding steroid dienone is 2. The summed E-state index contributed by atoms with van der Waals surface area (Å²) in [4.78, 5) is 19.3. The van der Waals surface area contributed by atoms with Crippen LogP contribution in [0, 0.1) is 20.2 Å². The lowest BCUT2D eigenvalue weighted by atomic mass is 9.85. The van der Waals surface area contributed by atoms with Gasteiger partial charge in [-0.1, -0.05) is 12.2 Å². The fraction of sp³-hybridized carbons (Fsp3) is 0.429. The fourth-order valence-corrected chi connectivity index (χ4v) is 1.16. The Bertz CT molecular complexity index is 316. The van der Waals surface area contributed by atoms with Gasteiger partial charge in [0.15, 0.2) is 0 Å². The van der Waals surface area contributed by atoms with Crippen LogP contribution in [0.2, 0.25) is 0 Å². The van der Waals surface area contributed by atoms with Crippen LogP contribution in [0.1, 0.15) is 6.92 Å². The number of aliphatic hydroxyl groups is 1. The molecule has 0 fully saturated rings. The Balaban J connectivity index is 3.30. The second kappa shape index (κ2) is 2.88. The minimum Gasteiger partial charge on any atom is -0.321 e. The molecule has 1 rings (SSSR count). The standard InChI is InChI=1S/C7H8N2O5/c1-6(8(11)12)4-2-3-5-7(6,10)9(13)14/h2-5,10H,1H3. The predicted molar refractivity (Wildman–Crippen MR) is 45.6 cm³/mol. The average molecular weight is 200 g/mol. The van der Waals surface area contributed by atoms with E-state index in [2.05, 4.69) is 0 Å². The second-order valence-electron chi connectivity index (χ2n) is 3.11. The monoisotopic (exact) mass is 200 g/mol. The SMILES string of the molecule is CC1([N+](=O)[O-])C=CC=CC1(O)[N+](=O)[O-]. The number of nitro groups is 2. The van der Waals surface area contributed by atoms with Crippen LogP contribution in [0.25, 0.3) is 0 Å². The first kappa shape index (κ1) is 10.3. The third-order valence-corrected chi connectivity index (χ3v) is 2.26. The van der Waals surface area contributed by atoms with Crippen LogP contribution in [0.4, 0.5) is 0 Å². The molecule has 0 bridgehead atoms. The van der Waals surface area contributed by atoms with Gasteiger partial charge in [-0.05, 0) is 0 Å². The van der Waals surface area contributed by atoms with Gasteiger partial charge in [0.2, 0.25) is 0 Å². The molecule has 1 aliphatic carbocycles. The van der Waals surface area contributed by atoms with E-state index in [9.17, 15) is 25.3 Å². The zero-order valence-electron chi connectivity index (χ0n) is 7.28. The van der Waals surface area contributed by atoms with E-state index >= 15 is 0 Å². The first-order valence-corrected chi connectivity index (χ1v) is 3.73. The number of hydrogen-bond acceptors (Lipinski definition) is 5. The summed E-state index contributed by atoms with van der Waals surface area (Å²) in [6, 6.07) is 0. The summed E-state index contributed by atoms with van der Waals surface area (Å²) in [7, 11) is 0. The second-order valence-corrected chi connectivity index (χ2v) is 3.11. The summed E-state index contributed by atoms with van der Waals surface area (Å²) in [5.41, 5.74) is -4.82. The highest BCUT2D eigenvalue weighted by molar-refractivity contribution is 5.24. The Labute approximate surface area is 78.6 Å². The molecule has 7 heteroatoms. The number of rotatable bonds is 2. The van der Waals surface area contributed by atoms with E-state index in [0.717, 1.165) is 19.1 Å². The highest BCUT2D eigenvalue weighted by atomic mass is 16.7. The molecule has 0 radical (unpaired) electrons. The van der Waals surface area contributed by atoms with E-state index in [-0.39, 0.29) is 0 Å². The molecule has 7 nitrogen and oxygen atoms in total. The smallest absolute Gasteiger partial charge is 0.321 e. The molecule has 0 aliphatic heterocycles. The molecule has 0 saturated heterocycles. The maximum absolute atomic E-state index is 10.7. The van der Waals surface area contributed by atoms with Gasteiger partial charge in [-0.3, -0.25) is 20.2 Å². The molecule has 0 heterocycles. The minimum atomic E-state index is -2.69. The summed E-state index contributed by atoms with van der Waals surface area (Å²) in [6.45, 7) is 0.996.